The lowest BCUT2D eigenvalue weighted by Gasteiger charge is -2.19. The van der Waals surface area contributed by atoms with E-state index in [0.717, 1.165) is 17.5 Å². The van der Waals surface area contributed by atoms with Crippen molar-refractivity contribution in [3.05, 3.63) is 59.7 Å². The van der Waals surface area contributed by atoms with E-state index in [1.54, 1.807) is 19.2 Å². The molecule has 1 fully saturated rings. The number of alkyl halides is 1. The van der Waals surface area contributed by atoms with E-state index < -0.39 is 42.3 Å². The zero-order chi connectivity index (χ0) is 19.3. The van der Waals surface area contributed by atoms with Crippen LogP contribution < -0.4 is 0 Å². The van der Waals surface area contributed by atoms with Crippen LogP contribution in [-0.4, -0.2) is 43.1 Å². The Morgan fingerprint density at radius 2 is 1.89 bits per heavy atom. The van der Waals surface area contributed by atoms with Gasteiger partial charge in [0.15, 0.2) is 24.0 Å². The number of aryl methyl sites for hydroxylation is 1. The standard InChI is InChI=1S/C18H16F3N3O3/c1-8-10-4-5-24(17(10)23-7-22-8)18-15(26)14(25)16(27-18)13(21)9-2-3-11(19)12(20)6-9/h2-7,13-16,18,25-26H,1H3. The van der Waals surface area contributed by atoms with Gasteiger partial charge in [-0.2, -0.15) is 0 Å². The predicted molar refractivity (Wildman–Crippen MR) is 88.4 cm³/mol. The summed E-state index contributed by atoms with van der Waals surface area (Å²) in [5, 5.41) is 21.4. The third-order valence-corrected chi connectivity index (χ3v) is 4.81. The molecule has 2 N–H and O–H groups in total. The maximum Gasteiger partial charge on any atom is 0.164 e. The van der Waals surface area contributed by atoms with Crippen molar-refractivity contribution < 1.29 is 28.1 Å². The minimum Gasteiger partial charge on any atom is -0.387 e. The molecule has 9 heteroatoms. The second-order valence-electron chi connectivity index (χ2n) is 6.47. The van der Waals surface area contributed by atoms with Gasteiger partial charge in [0.25, 0.3) is 0 Å². The molecule has 1 saturated heterocycles. The number of nitrogens with zero attached hydrogens (tertiary/aromatic N) is 3. The Balaban J connectivity index is 1.66. The van der Waals surface area contributed by atoms with E-state index in [1.165, 1.54) is 10.9 Å². The molecular weight excluding hydrogens is 363 g/mol. The van der Waals surface area contributed by atoms with Crippen molar-refractivity contribution in [3.8, 4) is 0 Å². The van der Waals surface area contributed by atoms with Crippen molar-refractivity contribution in [2.75, 3.05) is 0 Å². The predicted octanol–water partition coefficient (Wildman–Crippen LogP) is 2.35. The summed E-state index contributed by atoms with van der Waals surface area (Å²) in [6.07, 6.45) is -4.59. The van der Waals surface area contributed by atoms with Gasteiger partial charge < -0.3 is 19.5 Å². The van der Waals surface area contributed by atoms with Crippen molar-refractivity contribution in [2.45, 2.75) is 37.6 Å². The van der Waals surface area contributed by atoms with E-state index in [4.69, 9.17) is 4.74 Å². The minimum atomic E-state index is -1.96. The van der Waals surface area contributed by atoms with Crippen LogP contribution in [0.1, 0.15) is 23.7 Å². The lowest BCUT2D eigenvalue weighted by molar-refractivity contribution is -0.0626. The van der Waals surface area contributed by atoms with Gasteiger partial charge in [-0.3, -0.25) is 0 Å². The van der Waals surface area contributed by atoms with Crippen LogP contribution in [0.3, 0.4) is 0 Å². The highest BCUT2D eigenvalue weighted by molar-refractivity contribution is 5.78. The highest BCUT2D eigenvalue weighted by atomic mass is 19.2. The summed E-state index contributed by atoms with van der Waals surface area (Å²) in [4.78, 5) is 8.23. The van der Waals surface area contributed by atoms with Crippen LogP contribution in [0.25, 0.3) is 11.0 Å². The number of ether oxygens (including phenoxy) is 1. The molecule has 0 amide bonds. The second kappa shape index (κ2) is 6.59. The van der Waals surface area contributed by atoms with Gasteiger partial charge in [0.05, 0.1) is 5.69 Å². The van der Waals surface area contributed by atoms with Gasteiger partial charge >= 0.3 is 0 Å². The molecule has 6 nitrogen and oxygen atoms in total. The number of rotatable bonds is 3. The SMILES string of the molecule is Cc1ncnc2c1ccn2C1OC(C(F)c2ccc(F)c(F)c2)C(O)C1O. The fourth-order valence-corrected chi connectivity index (χ4v) is 3.33. The molecule has 2 aromatic heterocycles. The van der Waals surface area contributed by atoms with Gasteiger partial charge in [-0.05, 0) is 30.7 Å². The zero-order valence-corrected chi connectivity index (χ0v) is 14.1. The molecule has 142 valence electrons. The largest absolute Gasteiger partial charge is 0.387 e. The van der Waals surface area contributed by atoms with Crippen LogP contribution in [0.5, 0.6) is 0 Å². The molecule has 3 aromatic rings. The number of benzene rings is 1. The number of aliphatic hydroxyl groups excluding tert-OH is 2. The Hall–Kier alpha value is -2.49. The Morgan fingerprint density at radius 3 is 2.63 bits per heavy atom. The molecule has 0 bridgehead atoms. The summed E-state index contributed by atoms with van der Waals surface area (Å²) in [5.74, 6) is -2.31. The summed E-state index contributed by atoms with van der Waals surface area (Å²) >= 11 is 0. The zero-order valence-electron chi connectivity index (χ0n) is 14.1. The number of hydrogen-bond donors (Lipinski definition) is 2. The number of fused-ring (bicyclic) bond motifs is 1. The van der Waals surface area contributed by atoms with Gasteiger partial charge in [0.1, 0.15) is 30.3 Å². The molecule has 27 heavy (non-hydrogen) atoms. The Bertz CT molecular complexity index is 996. The van der Waals surface area contributed by atoms with Crippen LogP contribution in [0.15, 0.2) is 36.8 Å². The highest BCUT2D eigenvalue weighted by Gasteiger charge is 2.48. The third kappa shape index (κ3) is 2.88. The Morgan fingerprint density at radius 1 is 1.11 bits per heavy atom. The molecule has 5 unspecified atom stereocenters. The highest BCUT2D eigenvalue weighted by Crippen LogP contribution is 2.39. The molecule has 1 aliphatic heterocycles. The van der Waals surface area contributed by atoms with Crippen molar-refractivity contribution in [2.24, 2.45) is 0 Å². The summed E-state index contributed by atoms with van der Waals surface area (Å²) < 4.78 is 48.4. The molecule has 3 heterocycles. The van der Waals surface area contributed by atoms with E-state index in [0.29, 0.717) is 17.4 Å². The second-order valence-corrected chi connectivity index (χ2v) is 6.47. The number of hydrogen-bond acceptors (Lipinski definition) is 5. The first-order valence-corrected chi connectivity index (χ1v) is 8.27. The molecule has 1 aliphatic rings. The number of aliphatic hydroxyl groups is 2. The third-order valence-electron chi connectivity index (χ3n) is 4.81. The van der Waals surface area contributed by atoms with E-state index in [2.05, 4.69) is 9.97 Å². The summed E-state index contributed by atoms with van der Waals surface area (Å²) in [7, 11) is 0. The van der Waals surface area contributed by atoms with Crippen LogP contribution in [0.2, 0.25) is 0 Å². The van der Waals surface area contributed by atoms with Gasteiger partial charge in [0, 0.05) is 11.6 Å². The first kappa shape index (κ1) is 17.9. The van der Waals surface area contributed by atoms with Gasteiger partial charge in [-0.15, -0.1) is 0 Å². The minimum absolute atomic E-state index is 0.193. The molecule has 4 rings (SSSR count). The molecule has 5 atom stereocenters. The maximum absolute atomic E-state index is 14.8. The fourth-order valence-electron chi connectivity index (χ4n) is 3.33. The van der Waals surface area contributed by atoms with Crippen molar-refractivity contribution in [1.29, 1.82) is 0 Å². The van der Waals surface area contributed by atoms with Gasteiger partial charge in [0.2, 0.25) is 0 Å². The average Bonchev–Trinajstić information content (AvgIpc) is 3.20. The Labute approximate surface area is 151 Å². The van der Waals surface area contributed by atoms with Gasteiger partial charge in [-0.1, -0.05) is 6.07 Å². The molecule has 0 spiro atoms. The van der Waals surface area contributed by atoms with E-state index in [1.807, 2.05) is 0 Å². The monoisotopic (exact) mass is 379 g/mol. The maximum atomic E-state index is 14.8. The summed E-state index contributed by atoms with van der Waals surface area (Å²) in [6.45, 7) is 1.79. The van der Waals surface area contributed by atoms with E-state index in [9.17, 15) is 23.4 Å². The smallest absolute Gasteiger partial charge is 0.164 e. The molecule has 0 aliphatic carbocycles. The average molecular weight is 379 g/mol. The van der Waals surface area contributed by atoms with Crippen LogP contribution in [0, 0.1) is 18.6 Å². The molecule has 0 saturated carbocycles. The first-order valence-electron chi connectivity index (χ1n) is 8.27. The fraction of sp³-hybridized carbons (Fsp3) is 0.333. The van der Waals surface area contributed by atoms with Gasteiger partial charge in [-0.25, -0.2) is 23.1 Å². The molecule has 0 radical (unpaired) electrons. The van der Waals surface area contributed by atoms with E-state index in [-0.39, 0.29) is 5.56 Å². The van der Waals surface area contributed by atoms with Crippen molar-refractivity contribution in [1.82, 2.24) is 14.5 Å². The number of aromatic nitrogens is 3. The lowest BCUT2D eigenvalue weighted by Crippen LogP contribution is -2.33. The van der Waals surface area contributed by atoms with Crippen molar-refractivity contribution in [3.63, 3.8) is 0 Å². The normalized spacial score (nSPS) is 26.6. The molecule has 1 aromatic carbocycles. The van der Waals surface area contributed by atoms with Crippen LogP contribution in [-0.2, 0) is 4.74 Å². The van der Waals surface area contributed by atoms with E-state index >= 15 is 0 Å². The quantitative estimate of drug-likeness (QED) is 0.730. The summed E-state index contributed by atoms with van der Waals surface area (Å²) in [5.41, 5.74) is 0.984. The topological polar surface area (TPSA) is 80.4 Å². The van der Waals surface area contributed by atoms with Crippen molar-refractivity contribution >= 4 is 11.0 Å². The molecular formula is C18H16F3N3O3. The first-order chi connectivity index (χ1) is 12.9. The van der Waals surface area contributed by atoms with Crippen LogP contribution in [0.4, 0.5) is 13.2 Å². The lowest BCUT2D eigenvalue weighted by atomic mass is 10.00. The number of halogens is 3. The Kier molecular flexibility index (Phi) is 4.37. The summed E-state index contributed by atoms with van der Waals surface area (Å²) in [6, 6.07) is 4.30. The van der Waals surface area contributed by atoms with Crippen LogP contribution >= 0.6 is 0 Å².